The average Bonchev–Trinajstić information content (AvgIpc) is 3.26. The zero-order chi connectivity index (χ0) is 17.6. The number of benzene rings is 1. The van der Waals surface area contributed by atoms with E-state index in [9.17, 15) is 9.59 Å². The molecule has 1 aromatic carbocycles. The molecule has 0 spiro atoms. The minimum absolute atomic E-state index is 0.177. The number of aromatic nitrogens is 1. The molecule has 2 N–H and O–H groups in total. The van der Waals surface area contributed by atoms with Crippen molar-refractivity contribution in [2.45, 2.75) is 6.92 Å². The van der Waals surface area contributed by atoms with Crippen LogP contribution in [0.5, 0.6) is 5.75 Å². The normalized spacial score (nSPS) is 10.3. The van der Waals surface area contributed by atoms with Gasteiger partial charge in [-0.15, -0.1) is 0 Å². The van der Waals surface area contributed by atoms with E-state index in [0.29, 0.717) is 23.0 Å². The molecule has 0 atom stereocenters. The Morgan fingerprint density at radius 2 is 1.96 bits per heavy atom. The van der Waals surface area contributed by atoms with Crippen LogP contribution in [0.2, 0.25) is 0 Å². The highest BCUT2D eigenvalue weighted by Crippen LogP contribution is 2.17. The monoisotopic (exact) mass is 341 g/mol. The smallest absolute Gasteiger partial charge is 0.291 e. The number of furan rings is 1. The Bertz CT molecular complexity index is 853. The van der Waals surface area contributed by atoms with Crippen LogP contribution in [-0.4, -0.2) is 23.6 Å². The molecule has 8 nitrogen and oxygen atoms in total. The van der Waals surface area contributed by atoms with Gasteiger partial charge < -0.3 is 24.3 Å². The molecule has 3 aromatic rings. The molecule has 25 heavy (non-hydrogen) atoms. The first-order chi connectivity index (χ1) is 12.1. The number of amides is 2. The van der Waals surface area contributed by atoms with Gasteiger partial charge in [0.05, 0.1) is 6.26 Å². The number of anilines is 2. The van der Waals surface area contributed by atoms with E-state index in [1.54, 1.807) is 49.4 Å². The molecule has 128 valence electrons. The van der Waals surface area contributed by atoms with Crippen LogP contribution < -0.4 is 15.4 Å². The molecule has 2 amide bonds. The third-order valence-corrected chi connectivity index (χ3v) is 3.12. The second-order valence-corrected chi connectivity index (χ2v) is 5.12. The fourth-order valence-electron chi connectivity index (χ4n) is 1.99. The Balaban J connectivity index is 1.49. The van der Waals surface area contributed by atoms with Crippen molar-refractivity contribution in [3.05, 3.63) is 60.2 Å². The lowest BCUT2D eigenvalue weighted by Crippen LogP contribution is -2.20. The number of hydrogen-bond donors (Lipinski definition) is 2. The Kier molecular flexibility index (Phi) is 4.79. The molecule has 2 aromatic heterocycles. The fourth-order valence-corrected chi connectivity index (χ4v) is 1.99. The van der Waals surface area contributed by atoms with Crippen molar-refractivity contribution in [2.75, 3.05) is 17.2 Å². The summed E-state index contributed by atoms with van der Waals surface area (Å²) < 4.78 is 15.2. The first kappa shape index (κ1) is 16.3. The maximum atomic E-state index is 11.8. The Hall–Kier alpha value is -3.55. The zero-order valence-corrected chi connectivity index (χ0v) is 13.3. The highest BCUT2D eigenvalue weighted by atomic mass is 16.5. The van der Waals surface area contributed by atoms with Gasteiger partial charge in [-0.05, 0) is 43.3 Å². The Labute approximate surface area is 142 Å². The molecule has 0 unspecified atom stereocenters. The van der Waals surface area contributed by atoms with Gasteiger partial charge in [-0.3, -0.25) is 9.59 Å². The summed E-state index contributed by atoms with van der Waals surface area (Å²) in [4.78, 5) is 23.6. The molecule has 3 rings (SSSR count). The molecule has 8 heteroatoms. The zero-order valence-electron chi connectivity index (χ0n) is 13.3. The summed E-state index contributed by atoms with van der Waals surface area (Å²) in [6, 6.07) is 11.4. The predicted octanol–water partition coefficient (Wildman–Crippen LogP) is 2.85. The van der Waals surface area contributed by atoms with E-state index in [1.165, 1.54) is 6.26 Å². The minimum Gasteiger partial charge on any atom is -0.484 e. The van der Waals surface area contributed by atoms with E-state index in [4.69, 9.17) is 13.7 Å². The number of rotatable bonds is 6. The van der Waals surface area contributed by atoms with Crippen LogP contribution >= 0.6 is 0 Å². The van der Waals surface area contributed by atoms with Crippen molar-refractivity contribution in [3.63, 3.8) is 0 Å². The number of carbonyl (C=O) groups is 2. The first-order valence-corrected chi connectivity index (χ1v) is 7.41. The van der Waals surface area contributed by atoms with E-state index >= 15 is 0 Å². The molecule has 0 fully saturated rings. The standard InChI is InChI=1S/C17H15N3O5/c1-11-9-15(20-25-11)19-16(21)10-24-13-6-4-12(5-7-13)18-17(22)14-3-2-8-23-14/h2-9H,10H2,1H3,(H,18,22)(H,19,20,21). The maximum Gasteiger partial charge on any atom is 0.291 e. The van der Waals surface area contributed by atoms with Crippen molar-refractivity contribution in [1.29, 1.82) is 0 Å². The lowest BCUT2D eigenvalue weighted by atomic mass is 10.3. The summed E-state index contributed by atoms with van der Waals surface area (Å²) in [6.45, 7) is 1.55. The van der Waals surface area contributed by atoms with Crippen LogP contribution in [0.15, 0.2) is 57.7 Å². The highest BCUT2D eigenvalue weighted by molar-refractivity contribution is 6.02. The topological polar surface area (TPSA) is 107 Å². The van der Waals surface area contributed by atoms with Crippen LogP contribution in [0, 0.1) is 6.92 Å². The number of aryl methyl sites for hydroxylation is 1. The third kappa shape index (κ3) is 4.47. The quantitative estimate of drug-likeness (QED) is 0.714. The van der Waals surface area contributed by atoms with Crippen LogP contribution in [0.25, 0.3) is 0 Å². The van der Waals surface area contributed by atoms with Crippen molar-refractivity contribution in [2.24, 2.45) is 0 Å². The number of hydrogen-bond acceptors (Lipinski definition) is 6. The van der Waals surface area contributed by atoms with Crippen molar-refractivity contribution in [3.8, 4) is 5.75 Å². The lowest BCUT2D eigenvalue weighted by Gasteiger charge is -2.07. The van der Waals surface area contributed by atoms with Crippen molar-refractivity contribution in [1.82, 2.24) is 5.16 Å². The Morgan fingerprint density at radius 3 is 2.60 bits per heavy atom. The molecule has 0 saturated heterocycles. The summed E-state index contributed by atoms with van der Waals surface area (Å²) in [5, 5.41) is 8.90. The van der Waals surface area contributed by atoms with Crippen LogP contribution in [-0.2, 0) is 4.79 Å². The highest BCUT2D eigenvalue weighted by Gasteiger charge is 2.09. The summed E-state index contributed by atoms with van der Waals surface area (Å²) in [7, 11) is 0. The van der Waals surface area contributed by atoms with Crippen LogP contribution in [0.3, 0.4) is 0 Å². The van der Waals surface area contributed by atoms with Gasteiger partial charge in [0.15, 0.2) is 18.2 Å². The van der Waals surface area contributed by atoms with Gasteiger partial charge >= 0.3 is 0 Å². The van der Waals surface area contributed by atoms with Crippen molar-refractivity contribution >= 4 is 23.3 Å². The van der Waals surface area contributed by atoms with E-state index in [1.807, 2.05) is 0 Å². The minimum atomic E-state index is -0.358. The van der Waals surface area contributed by atoms with Gasteiger partial charge in [-0.2, -0.15) is 0 Å². The fraction of sp³-hybridized carbons (Fsp3) is 0.118. The van der Waals surface area contributed by atoms with Crippen LogP contribution in [0.4, 0.5) is 11.5 Å². The van der Waals surface area contributed by atoms with Gasteiger partial charge in [0.25, 0.3) is 11.8 Å². The SMILES string of the molecule is Cc1cc(NC(=O)COc2ccc(NC(=O)c3ccco3)cc2)no1. The van der Waals surface area contributed by atoms with E-state index < -0.39 is 0 Å². The van der Waals surface area contributed by atoms with Gasteiger partial charge in [-0.1, -0.05) is 5.16 Å². The molecule has 0 radical (unpaired) electrons. The molecule has 0 aliphatic heterocycles. The molecular formula is C17H15N3O5. The van der Waals surface area contributed by atoms with Gasteiger partial charge in [0.2, 0.25) is 0 Å². The van der Waals surface area contributed by atoms with Crippen molar-refractivity contribution < 1.29 is 23.3 Å². The molecule has 0 aliphatic carbocycles. The predicted molar refractivity (Wildman–Crippen MR) is 88.5 cm³/mol. The third-order valence-electron chi connectivity index (χ3n) is 3.12. The molecule has 0 saturated carbocycles. The molecule has 0 bridgehead atoms. The van der Waals surface area contributed by atoms with Crippen LogP contribution in [0.1, 0.15) is 16.3 Å². The number of carbonyl (C=O) groups excluding carboxylic acids is 2. The summed E-state index contributed by atoms with van der Waals surface area (Å²) in [6.07, 6.45) is 1.43. The van der Waals surface area contributed by atoms with Gasteiger partial charge in [0, 0.05) is 11.8 Å². The summed E-state index contributed by atoms with van der Waals surface area (Å²) in [5.74, 6) is 0.942. The lowest BCUT2D eigenvalue weighted by molar-refractivity contribution is -0.118. The second-order valence-electron chi connectivity index (χ2n) is 5.12. The molecular weight excluding hydrogens is 326 g/mol. The molecule has 2 heterocycles. The molecule has 0 aliphatic rings. The number of nitrogens with zero attached hydrogens (tertiary/aromatic N) is 1. The largest absolute Gasteiger partial charge is 0.484 e. The van der Waals surface area contributed by atoms with E-state index in [2.05, 4.69) is 15.8 Å². The summed E-state index contributed by atoms with van der Waals surface area (Å²) in [5.41, 5.74) is 0.580. The summed E-state index contributed by atoms with van der Waals surface area (Å²) >= 11 is 0. The first-order valence-electron chi connectivity index (χ1n) is 7.41. The van der Waals surface area contributed by atoms with E-state index in [-0.39, 0.29) is 24.2 Å². The van der Waals surface area contributed by atoms with Gasteiger partial charge in [0.1, 0.15) is 11.5 Å². The maximum absolute atomic E-state index is 11.8. The van der Waals surface area contributed by atoms with E-state index in [0.717, 1.165) is 0 Å². The Morgan fingerprint density at radius 1 is 1.16 bits per heavy atom. The average molecular weight is 341 g/mol. The number of ether oxygens (including phenoxy) is 1. The van der Waals surface area contributed by atoms with Gasteiger partial charge in [-0.25, -0.2) is 0 Å². The number of nitrogens with one attached hydrogen (secondary N) is 2. The second kappa shape index (κ2) is 7.35.